The number of nitrogens with one attached hydrogen (secondary N) is 4. The SMILES string of the molecule is CC(C)C[C@@H](NC(=O)[C@H](Cc1ccccc1)NC(=O)CNC(=O)[C@@H](C)NC(=O)[C@H](N)Cc1ccc(O)cc1)C(=O)O. The number of carbonyl (C=O) groups is 5. The standard InChI is InChI=1S/C29H39N5O7/c1-17(2)13-24(29(40)41)34-28(39)23(15-19-7-5-4-6-8-19)33-25(36)16-31-26(37)18(3)32-27(38)22(30)14-20-9-11-21(35)12-10-20/h4-12,17-18,22-24,35H,13-16,30H2,1-3H3,(H,31,37)(H,32,38)(H,33,36)(H,34,39)(H,40,41)/t18-,22-,23+,24-/m1/s1. The van der Waals surface area contributed by atoms with Crippen molar-refractivity contribution in [1.29, 1.82) is 0 Å². The first-order valence-electron chi connectivity index (χ1n) is 13.3. The van der Waals surface area contributed by atoms with Crippen molar-refractivity contribution in [2.75, 3.05) is 6.54 Å². The number of phenols is 1. The molecule has 0 heterocycles. The number of carboxylic acids is 1. The average Bonchev–Trinajstić information content (AvgIpc) is 2.92. The van der Waals surface area contributed by atoms with Gasteiger partial charge in [-0.3, -0.25) is 19.2 Å². The summed E-state index contributed by atoms with van der Waals surface area (Å²) < 4.78 is 0. The van der Waals surface area contributed by atoms with E-state index in [0.717, 1.165) is 11.1 Å². The fourth-order valence-corrected chi connectivity index (χ4v) is 3.95. The van der Waals surface area contributed by atoms with Crippen molar-refractivity contribution in [3.8, 4) is 5.75 Å². The molecule has 41 heavy (non-hydrogen) atoms. The van der Waals surface area contributed by atoms with Crippen molar-refractivity contribution >= 4 is 29.6 Å². The molecule has 0 saturated carbocycles. The van der Waals surface area contributed by atoms with Gasteiger partial charge in [0, 0.05) is 6.42 Å². The Kier molecular flexibility index (Phi) is 12.8. The molecule has 0 aliphatic carbocycles. The van der Waals surface area contributed by atoms with Gasteiger partial charge in [-0.15, -0.1) is 0 Å². The summed E-state index contributed by atoms with van der Waals surface area (Å²) in [5, 5.41) is 28.8. The monoisotopic (exact) mass is 569 g/mol. The van der Waals surface area contributed by atoms with E-state index in [1.807, 2.05) is 13.8 Å². The van der Waals surface area contributed by atoms with Gasteiger partial charge in [-0.05, 0) is 48.9 Å². The van der Waals surface area contributed by atoms with Crippen LogP contribution in [0, 0.1) is 5.92 Å². The molecule has 222 valence electrons. The number of aliphatic carboxylic acids is 1. The van der Waals surface area contributed by atoms with Crippen LogP contribution in [0.15, 0.2) is 54.6 Å². The van der Waals surface area contributed by atoms with Crippen LogP contribution in [0.2, 0.25) is 0 Å². The van der Waals surface area contributed by atoms with E-state index in [0.29, 0.717) is 0 Å². The highest BCUT2D eigenvalue weighted by molar-refractivity contribution is 5.94. The van der Waals surface area contributed by atoms with Crippen LogP contribution in [0.1, 0.15) is 38.3 Å². The second-order valence-corrected chi connectivity index (χ2v) is 10.3. The lowest BCUT2D eigenvalue weighted by molar-refractivity contribution is -0.142. The molecular formula is C29H39N5O7. The van der Waals surface area contributed by atoms with Crippen LogP contribution < -0.4 is 27.0 Å². The normalized spacial score (nSPS) is 13.8. The molecule has 8 N–H and O–H groups in total. The van der Waals surface area contributed by atoms with Crippen LogP contribution >= 0.6 is 0 Å². The van der Waals surface area contributed by atoms with Crippen LogP contribution in [0.25, 0.3) is 0 Å². The zero-order valence-corrected chi connectivity index (χ0v) is 23.4. The Labute approximate surface area is 239 Å². The molecule has 0 radical (unpaired) electrons. The first kappa shape index (κ1) is 32.8. The minimum Gasteiger partial charge on any atom is -0.508 e. The fourth-order valence-electron chi connectivity index (χ4n) is 3.95. The summed E-state index contributed by atoms with van der Waals surface area (Å²) in [6.45, 7) is 4.62. The number of amides is 4. The number of phenolic OH excluding ortho intramolecular Hbond substituents is 1. The highest BCUT2D eigenvalue weighted by Gasteiger charge is 2.28. The van der Waals surface area contributed by atoms with Gasteiger partial charge in [-0.25, -0.2) is 4.79 Å². The van der Waals surface area contributed by atoms with Gasteiger partial charge in [0.25, 0.3) is 0 Å². The predicted octanol–water partition coefficient (Wildman–Crippen LogP) is 0.226. The van der Waals surface area contributed by atoms with E-state index < -0.39 is 60.3 Å². The first-order chi connectivity index (χ1) is 19.3. The molecule has 0 aliphatic rings. The molecule has 0 saturated heterocycles. The smallest absolute Gasteiger partial charge is 0.326 e. The summed E-state index contributed by atoms with van der Waals surface area (Å²) in [4.78, 5) is 62.3. The van der Waals surface area contributed by atoms with Crippen molar-refractivity contribution in [3.05, 3.63) is 65.7 Å². The summed E-state index contributed by atoms with van der Waals surface area (Å²) in [5.41, 5.74) is 7.41. The van der Waals surface area contributed by atoms with Gasteiger partial charge < -0.3 is 37.2 Å². The predicted molar refractivity (Wildman–Crippen MR) is 151 cm³/mol. The molecule has 4 amide bonds. The Morgan fingerprint density at radius 1 is 0.756 bits per heavy atom. The van der Waals surface area contributed by atoms with Crippen molar-refractivity contribution < 1.29 is 34.2 Å². The molecule has 0 spiro atoms. The second-order valence-electron chi connectivity index (χ2n) is 10.3. The van der Waals surface area contributed by atoms with Crippen LogP contribution in [0.4, 0.5) is 0 Å². The van der Waals surface area contributed by atoms with Crippen molar-refractivity contribution in [2.24, 2.45) is 11.7 Å². The largest absolute Gasteiger partial charge is 0.508 e. The fraction of sp³-hybridized carbons (Fsp3) is 0.414. The molecule has 2 rings (SSSR count). The number of hydrogen-bond acceptors (Lipinski definition) is 7. The Morgan fingerprint density at radius 3 is 1.95 bits per heavy atom. The van der Waals surface area contributed by atoms with Crippen LogP contribution in [0.3, 0.4) is 0 Å². The Morgan fingerprint density at radius 2 is 1.37 bits per heavy atom. The lowest BCUT2D eigenvalue weighted by Gasteiger charge is -2.23. The maximum absolute atomic E-state index is 13.0. The van der Waals surface area contributed by atoms with E-state index in [-0.39, 0.29) is 30.9 Å². The molecule has 12 heteroatoms. The summed E-state index contributed by atoms with van der Waals surface area (Å²) >= 11 is 0. The number of aromatic hydroxyl groups is 1. The van der Waals surface area contributed by atoms with Crippen LogP contribution in [-0.2, 0) is 36.8 Å². The molecule has 12 nitrogen and oxygen atoms in total. The highest BCUT2D eigenvalue weighted by atomic mass is 16.4. The number of hydrogen-bond donors (Lipinski definition) is 7. The van der Waals surface area contributed by atoms with E-state index in [1.165, 1.54) is 19.1 Å². The third-order valence-corrected chi connectivity index (χ3v) is 6.16. The van der Waals surface area contributed by atoms with E-state index in [2.05, 4.69) is 21.3 Å². The third-order valence-electron chi connectivity index (χ3n) is 6.16. The van der Waals surface area contributed by atoms with E-state index in [9.17, 15) is 34.2 Å². The Bertz CT molecular complexity index is 1190. The number of carbonyl (C=O) groups excluding carboxylic acids is 4. The minimum atomic E-state index is -1.18. The lowest BCUT2D eigenvalue weighted by Crippen LogP contribution is -2.55. The van der Waals surface area contributed by atoms with Crippen LogP contribution in [-0.4, -0.2) is 70.5 Å². The van der Waals surface area contributed by atoms with Crippen molar-refractivity contribution in [3.63, 3.8) is 0 Å². The zero-order valence-electron chi connectivity index (χ0n) is 23.4. The van der Waals surface area contributed by atoms with Gasteiger partial charge >= 0.3 is 5.97 Å². The van der Waals surface area contributed by atoms with E-state index >= 15 is 0 Å². The number of nitrogens with two attached hydrogens (primary N) is 1. The number of carboxylic acid groups (broad SMARTS) is 1. The van der Waals surface area contributed by atoms with Gasteiger partial charge in [0.1, 0.15) is 23.9 Å². The molecule has 0 fully saturated rings. The van der Waals surface area contributed by atoms with Gasteiger partial charge in [0.05, 0.1) is 12.6 Å². The zero-order chi connectivity index (χ0) is 30.5. The van der Waals surface area contributed by atoms with Gasteiger partial charge in [-0.2, -0.15) is 0 Å². The Balaban J connectivity index is 1.94. The summed E-state index contributed by atoms with van der Waals surface area (Å²) in [6.07, 6.45) is 0.505. The summed E-state index contributed by atoms with van der Waals surface area (Å²) in [7, 11) is 0. The van der Waals surface area contributed by atoms with Gasteiger partial charge in [0.15, 0.2) is 0 Å². The summed E-state index contributed by atoms with van der Waals surface area (Å²) in [5.74, 6) is -3.63. The van der Waals surface area contributed by atoms with Gasteiger partial charge in [0.2, 0.25) is 23.6 Å². The molecule has 0 aromatic heterocycles. The number of rotatable bonds is 15. The molecule has 0 unspecified atom stereocenters. The Hall–Kier alpha value is -4.45. The molecule has 4 atom stereocenters. The van der Waals surface area contributed by atoms with Gasteiger partial charge in [-0.1, -0.05) is 56.3 Å². The molecule has 2 aromatic carbocycles. The molecular weight excluding hydrogens is 530 g/mol. The minimum absolute atomic E-state index is 0.0126. The maximum Gasteiger partial charge on any atom is 0.326 e. The van der Waals surface area contributed by atoms with Crippen molar-refractivity contribution in [2.45, 2.75) is 64.2 Å². The topological polar surface area (TPSA) is 200 Å². The highest BCUT2D eigenvalue weighted by Crippen LogP contribution is 2.11. The molecule has 0 aliphatic heterocycles. The second kappa shape index (κ2) is 16.0. The van der Waals surface area contributed by atoms with Crippen molar-refractivity contribution in [1.82, 2.24) is 21.3 Å². The lowest BCUT2D eigenvalue weighted by atomic mass is 10.0. The maximum atomic E-state index is 13.0. The first-order valence-corrected chi connectivity index (χ1v) is 13.3. The summed E-state index contributed by atoms with van der Waals surface area (Å²) in [6, 6.07) is 11.0. The molecule has 2 aromatic rings. The van der Waals surface area contributed by atoms with E-state index in [1.54, 1.807) is 42.5 Å². The quantitative estimate of drug-likeness (QED) is 0.158. The average molecular weight is 570 g/mol. The van der Waals surface area contributed by atoms with Crippen LogP contribution in [0.5, 0.6) is 5.75 Å². The number of benzene rings is 2. The van der Waals surface area contributed by atoms with E-state index in [4.69, 9.17) is 5.73 Å². The molecule has 0 bridgehead atoms. The third kappa shape index (κ3) is 11.7.